The first-order chi connectivity index (χ1) is 26.5. The number of hydrogen-bond donors (Lipinski definition) is 0. The molecule has 0 fully saturated rings. The van der Waals surface area contributed by atoms with Gasteiger partial charge in [0, 0.05) is 42.3 Å². The van der Waals surface area contributed by atoms with E-state index in [2.05, 4.69) is 178 Å². The Labute approximate surface area is 318 Å². The number of nitrogens with zero attached hydrogens (tertiary/aromatic N) is 2. The highest BCUT2D eigenvalue weighted by atomic mass is 32.1. The summed E-state index contributed by atoms with van der Waals surface area (Å²) in [7, 11) is 0. The van der Waals surface area contributed by atoms with Crippen molar-refractivity contribution < 1.29 is 0 Å². The molecule has 11 rings (SSSR count). The van der Waals surface area contributed by atoms with Gasteiger partial charge >= 0.3 is 0 Å². The number of thiophene rings is 1. The van der Waals surface area contributed by atoms with Gasteiger partial charge in [0.15, 0.2) is 5.82 Å². The summed E-state index contributed by atoms with van der Waals surface area (Å²) >= 11 is 1.83. The molecule has 0 amide bonds. The average Bonchev–Trinajstić information content (AvgIpc) is 3.71. The summed E-state index contributed by atoms with van der Waals surface area (Å²) in [5.74, 6) is 0.723. The molecule has 254 valence electrons. The molecule has 2 nitrogen and oxygen atoms in total. The van der Waals surface area contributed by atoms with Crippen LogP contribution in [-0.2, 0) is 5.41 Å². The maximum atomic E-state index is 5.28. The van der Waals surface area contributed by atoms with E-state index in [1.807, 2.05) is 17.4 Å². The molecule has 10 aromatic rings. The molecule has 0 spiro atoms. The first kappa shape index (κ1) is 31.1. The van der Waals surface area contributed by atoms with Crippen LogP contribution in [0.1, 0.15) is 25.0 Å². The zero-order valence-corrected chi connectivity index (χ0v) is 30.8. The van der Waals surface area contributed by atoms with Crippen molar-refractivity contribution in [1.82, 2.24) is 9.97 Å². The van der Waals surface area contributed by atoms with Gasteiger partial charge in [-0.1, -0.05) is 153 Å². The zero-order valence-electron chi connectivity index (χ0n) is 30.0. The lowest BCUT2D eigenvalue weighted by atomic mass is 9.78. The molecule has 0 radical (unpaired) electrons. The number of aromatic nitrogens is 2. The highest BCUT2D eigenvalue weighted by Crippen LogP contribution is 2.54. The fourth-order valence-corrected chi connectivity index (χ4v) is 10.0. The predicted molar refractivity (Wildman–Crippen MR) is 229 cm³/mol. The lowest BCUT2D eigenvalue weighted by Gasteiger charge is -2.25. The first-order valence-electron chi connectivity index (χ1n) is 18.6. The van der Waals surface area contributed by atoms with Crippen molar-refractivity contribution in [3.05, 3.63) is 181 Å². The van der Waals surface area contributed by atoms with Crippen molar-refractivity contribution >= 4 is 53.1 Å². The molecule has 1 aliphatic carbocycles. The fraction of sp³-hybridized carbons (Fsp3) is 0.0588. The van der Waals surface area contributed by atoms with Crippen LogP contribution >= 0.6 is 11.3 Å². The van der Waals surface area contributed by atoms with Gasteiger partial charge in [-0.3, -0.25) is 0 Å². The Balaban J connectivity index is 1.10. The molecule has 0 atom stereocenters. The van der Waals surface area contributed by atoms with E-state index in [1.54, 1.807) is 0 Å². The van der Waals surface area contributed by atoms with Crippen LogP contribution in [0.25, 0.3) is 97.9 Å². The number of benzene rings is 8. The van der Waals surface area contributed by atoms with Gasteiger partial charge in [-0.25, -0.2) is 9.97 Å². The van der Waals surface area contributed by atoms with Gasteiger partial charge in [-0.15, -0.1) is 11.3 Å². The maximum absolute atomic E-state index is 5.28. The normalized spacial score (nSPS) is 13.1. The molecule has 3 heteroatoms. The largest absolute Gasteiger partial charge is 0.228 e. The minimum atomic E-state index is -0.160. The summed E-state index contributed by atoms with van der Waals surface area (Å²) in [5, 5.41) is 7.54. The lowest BCUT2D eigenvalue weighted by Crippen LogP contribution is -2.16. The molecule has 0 saturated heterocycles. The van der Waals surface area contributed by atoms with Gasteiger partial charge in [0.05, 0.1) is 11.4 Å². The van der Waals surface area contributed by atoms with E-state index in [-0.39, 0.29) is 5.41 Å². The van der Waals surface area contributed by atoms with Gasteiger partial charge < -0.3 is 0 Å². The molecule has 0 saturated carbocycles. The Morgan fingerprint density at radius 2 is 1.04 bits per heavy atom. The Morgan fingerprint density at radius 3 is 1.85 bits per heavy atom. The highest BCUT2D eigenvalue weighted by molar-refractivity contribution is 7.25. The minimum Gasteiger partial charge on any atom is -0.228 e. The third kappa shape index (κ3) is 4.72. The third-order valence-corrected chi connectivity index (χ3v) is 12.6. The molecular weight excluding hydrogens is 673 g/mol. The van der Waals surface area contributed by atoms with Gasteiger partial charge in [-0.05, 0) is 85.3 Å². The summed E-state index contributed by atoms with van der Waals surface area (Å²) < 4.78 is 2.56. The van der Waals surface area contributed by atoms with Crippen molar-refractivity contribution in [2.75, 3.05) is 0 Å². The summed E-state index contributed by atoms with van der Waals surface area (Å²) in [6.45, 7) is 4.77. The first-order valence-corrected chi connectivity index (χ1v) is 19.4. The summed E-state index contributed by atoms with van der Waals surface area (Å²) in [5.41, 5.74) is 12.8. The van der Waals surface area contributed by atoms with Gasteiger partial charge in [-0.2, -0.15) is 0 Å². The molecule has 1 aliphatic rings. The van der Waals surface area contributed by atoms with Gasteiger partial charge in [0.1, 0.15) is 0 Å². The van der Waals surface area contributed by atoms with Gasteiger partial charge in [0.2, 0.25) is 0 Å². The van der Waals surface area contributed by atoms with Crippen molar-refractivity contribution in [1.29, 1.82) is 0 Å². The van der Waals surface area contributed by atoms with Crippen LogP contribution in [0, 0.1) is 0 Å². The average molecular weight is 707 g/mol. The van der Waals surface area contributed by atoms with Crippen LogP contribution in [0.2, 0.25) is 0 Å². The molecule has 54 heavy (non-hydrogen) atoms. The monoisotopic (exact) mass is 706 g/mol. The van der Waals surface area contributed by atoms with E-state index in [4.69, 9.17) is 9.97 Å². The number of hydrogen-bond acceptors (Lipinski definition) is 3. The Morgan fingerprint density at radius 1 is 0.407 bits per heavy atom. The van der Waals surface area contributed by atoms with Crippen LogP contribution in [0.3, 0.4) is 0 Å². The minimum absolute atomic E-state index is 0.160. The van der Waals surface area contributed by atoms with E-state index in [0.29, 0.717) is 0 Å². The molecule has 0 N–H and O–H groups in total. The Bertz CT molecular complexity index is 3130. The molecule has 0 unspecified atom stereocenters. The van der Waals surface area contributed by atoms with Crippen LogP contribution in [0.15, 0.2) is 170 Å². The third-order valence-electron chi connectivity index (χ3n) is 11.5. The highest BCUT2D eigenvalue weighted by Gasteiger charge is 2.38. The van der Waals surface area contributed by atoms with Crippen molar-refractivity contribution in [2.45, 2.75) is 19.3 Å². The van der Waals surface area contributed by atoms with Crippen molar-refractivity contribution in [3.63, 3.8) is 0 Å². The summed E-state index contributed by atoms with van der Waals surface area (Å²) in [4.78, 5) is 10.5. The topological polar surface area (TPSA) is 25.8 Å². The Hall–Kier alpha value is -6.42. The van der Waals surface area contributed by atoms with E-state index in [0.717, 1.165) is 33.9 Å². The summed E-state index contributed by atoms with van der Waals surface area (Å²) in [6, 6.07) is 61.7. The van der Waals surface area contributed by atoms with E-state index >= 15 is 0 Å². The van der Waals surface area contributed by atoms with Gasteiger partial charge in [0.25, 0.3) is 0 Å². The fourth-order valence-electron chi connectivity index (χ4n) is 8.88. The van der Waals surface area contributed by atoms with Crippen LogP contribution in [0.5, 0.6) is 0 Å². The van der Waals surface area contributed by atoms with E-state index in [9.17, 15) is 0 Å². The number of fused-ring (bicyclic) bond motifs is 8. The quantitative estimate of drug-likeness (QED) is 0.182. The number of rotatable bonds is 4. The van der Waals surface area contributed by atoms with Crippen molar-refractivity contribution in [2.24, 2.45) is 0 Å². The molecule has 8 aromatic carbocycles. The molecular formula is C51H34N2S. The van der Waals surface area contributed by atoms with E-state index < -0.39 is 0 Å². The van der Waals surface area contributed by atoms with Crippen molar-refractivity contribution in [3.8, 4) is 56.2 Å². The SMILES string of the molecule is CC1(C)c2cc3ccccc3cc2-c2cccc(-c3ccc(-c4cc(-c5ccc6c(c5)sc5ccccc56)nc(-c5ccccc5)n4)c4ccccc34)c21. The zero-order chi connectivity index (χ0) is 36.0. The standard InChI is InChI=1S/C51H34N2S/c1-51(2)44-28-33-16-7-6-15-32(33)27-43(44)42-21-12-20-41(49(42)51)37-25-26-38(36-18-9-8-17-35(36)37)46-30-45(52-50(53-46)31-13-4-3-5-14-31)34-23-24-40-39-19-10-11-22-47(39)54-48(40)29-34/h3-30H,1-2H3. The van der Waals surface area contributed by atoms with Crippen LogP contribution < -0.4 is 0 Å². The van der Waals surface area contributed by atoms with Crippen LogP contribution in [0.4, 0.5) is 0 Å². The second-order valence-corrected chi connectivity index (χ2v) is 16.0. The van der Waals surface area contributed by atoms with Crippen LogP contribution in [-0.4, -0.2) is 9.97 Å². The Kier molecular flexibility index (Phi) is 6.80. The maximum Gasteiger partial charge on any atom is 0.160 e. The van der Waals surface area contributed by atoms with E-state index in [1.165, 1.54) is 75.1 Å². The second-order valence-electron chi connectivity index (χ2n) is 14.9. The molecule has 2 aromatic heterocycles. The molecule has 0 bridgehead atoms. The predicted octanol–water partition coefficient (Wildman–Crippen LogP) is 14.1. The lowest BCUT2D eigenvalue weighted by molar-refractivity contribution is 0.663. The smallest absolute Gasteiger partial charge is 0.160 e. The second kappa shape index (κ2) is 11.8. The molecule has 2 heterocycles. The summed E-state index contributed by atoms with van der Waals surface area (Å²) in [6.07, 6.45) is 0. The molecule has 0 aliphatic heterocycles.